The van der Waals surface area contributed by atoms with Crippen molar-refractivity contribution in [1.29, 1.82) is 5.41 Å². The number of rotatable bonds is 7. The number of hydrogen-bond donors (Lipinski definition) is 2. The number of guanidine groups is 1. The maximum atomic E-state index is 12.8. The van der Waals surface area contributed by atoms with Crippen molar-refractivity contribution in [2.45, 2.75) is 72.3 Å². The van der Waals surface area contributed by atoms with Gasteiger partial charge in [0.05, 0.1) is 0 Å². The quantitative estimate of drug-likeness (QED) is 0.729. The Morgan fingerprint density at radius 2 is 1.85 bits per heavy atom. The third kappa shape index (κ3) is 4.98. The molecule has 6 heteroatoms. The van der Waals surface area contributed by atoms with E-state index in [2.05, 4.69) is 33.0 Å². The Bertz CT molecular complexity index is 538. The zero-order valence-electron chi connectivity index (χ0n) is 17.1. The monoisotopic (exact) mass is 364 g/mol. The lowest BCUT2D eigenvalue weighted by molar-refractivity contribution is -0.134. The van der Waals surface area contributed by atoms with Crippen LogP contribution in [0.4, 0.5) is 0 Å². The molecule has 2 aliphatic rings. The Morgan fingerprint density at radius 1 is 1.23 bits per heavy atom. The van der Waals surface area contributed by atoms with Gasteiger partial charge < -0.3 is 10.2 Å². The largest absolute Gasteiger partial charge is 0.343 e. The smallest absolute Gasteiger partial charge is 0.254 e. The van der Waals surface area contributed by atoms with Crippen LogP contribution in [0.25, 0.3) is 0 Å². The van der Waals surface area contributed by atoms with Crippen molar-refractivity contribution in [3.05, 3.63) is 0 Å². The lowest BCUT2D eigenvalue weighted by atomic mass is 9.90. The first kappa shape index (κ1) is 20.7. The number of hydrogen-bond acceptors (Lipinski definition) is 3. The van der Waals surface area contributed by atoms with Crippen molar-refractivity contribution in [2.75, 3.05) is 19.6 Å². The van der Waals surface area contributed by atoms with Crippen molar-refractivity contribution < 1.29 is 9.59 Å². The third-order valence-electron chi connectivity index (χ3n) is 5.54. The van der Waals surface area contributed by atoms with Gasteiger partial charge in [-0.15, -0.1) is 0 Å². The van der Waals surface area contributed by atoms with E-state index >= 15 is 0 Å². The molecule has 0 aromatic rings. The van der Waals surface area contributed by atoms with Gasteiger partial charge in [0.1, 0.15) is 5.54 Å². The molecule has 0 aromatic carbocycles. The van der Waals surface area contributed by atoms with Gasteiger partial charge in [-0.1, -0.05) is 27.7 Å². The van der Waals surface area contributed by atoms with E-state index in [1.54, 1.807) is 4.90 Å². The highest BCUT2D eigenvalue weighted by atomic mass is 16.2. The van der Waals surface area contributed by atoms with Gasteiger partial charge in [0.2, 0.25) is 5.91 Å². The number of carbonyl (C=O) groups excluding carboxylic acids is 2. The van der Waals surface area contributed by atoms with E-state index in [1.807, 2.05) is 11.8 Å². The molecule has 6 nitrogen and oxygen atoms in total. The molecule has 2 amide bonds. The minimum atomic E-state index is -0.654. The summed E-state index contributed by atoms with van der Waals surface area (Å²) in [5.41, 5.74) is -0.654. The molecule has 1 atom stereocenters. The minimum Gasteiger partial charge on any atom is -0.343 e. The molecule has 1 unspecified atom stereocenters. The summed E-state index contributed by atoms with van der Waals surface area (Å²) in [6.07, 6.45) is 4.12. The highest BCUT2D eigenvalue weighted by Crippen LogP contribution is 2.27. The number of likely N-dealkylation sites (tertiary alicyclic amines) is 1. The number of piperidine rings is 1. The van der Waals surface area contributed by atoms with Crippen molar-refractivity contribution >= 4 is 17.8 Å². The zero-order chi connectivity index (χ0) is 19.5. The molecule has 2 heterocycles. The van der Waals surface area contributed by atoms with Crippen molar-refractivity contribution in [1.82, 2.24) is 15.1 Å². The Morgan fingerprint density at radius 3 is 2.38 bits per heavy atom. The fourth-order valence-corrected chi connectivity index (χ4v) is 4.10. The molecular weight excluding hydrogens is 328 g/mol. The van der Waals surface area contributed by atoms with E-state index in [0.29, 0.717) is 30.7 Å². The summed E-state index contributed by atoms with van der Waals surface area (Å²) in [7, 11) is 0. The Labute approximate surface area is 158 Å². The normalized spacial score (nSPS) is 24.7. The summed E-state index contributed by atoms with van der Waals surface area (Å²) < 4.78 is 0. The average Bonchev–Trinajstić information content (AvgIpc) is 2.75. The highest BCUT2D eigenvalue weighted by molar-refractivity contribution is 6.07. The molecule has 2 N–H and O–H groups in total. The van der Waals surface area contributed by atoms with E-state index < -0.39 is 5.54 Å². The number of nitrogens with zero attached hydrogens (tertiary/aromatic N) is 2. The molecule has 2 aliphatic heterocycles. The van der Waals surface area contributed by atoms with Crippen LogP contribution in [-0.2, 0) is 9.59 Å². The van der Waals surface area contributed by atoms with Crippen molar-refractivity contribution in [3.8, 4) is 0 Å². The van der Waals surface area contributed by atoms with Crippen molar-refractivity contribution in [3.63, 3.8) is 0 Å². The van der Waals surface area contributed by atoms with E-state index in [1.165, 1.54) is 0 Å². The molecule has 0 bridgehead atoms. The predicted molar refractivity (Wildman–Crippen MR) is 104 cm³/mol. The summed E-state index contributed by atoms with van der Waals surface area (Å²) in [4.78, 5) is 28.7. The topological polar surface area (TPSA) is 76.5 Å². The van der Waals surface area contributed by atoms with Crippen LogP contribution in [0.2, 0.25) is 0 Å². The van der Waals surface area contributed by atoms with Crippen LogP contribution in [0.1, 0.15) is 66.7 Å². The van der Waals surface area contributed by atoms with Gasteiger partial charge in [0.25, 0.3) is 5.91 Å². The Kier molecular flexibility index (Phi) is 6.69. The van der Waals surface area contributed by atoms with Gasteiger partial charge in [-0.3, -0.25) is 19.9 Å². The lowest BCUT2D eigenvalue weighted by Crippen LogP contribution is -2.46. The first-order valence-electron chi connectivity index (χ1n) is 10.1. The summed E-state index contributed by atoms with van der Waals surface area (Å²) in [6.45, 7) is 12.5. The molecule has 2 rings (SSSR count). The van der Waals surface area contributed by atoms with Crippen LogP contribution in [-0.4, -0.2) is 52.7 Å². The second-order valence-electron chi connectivity index (χ2n) is 9.08. The molecular formula is C20H36N4O2. The highest BCUT2D eigenvalue weighted by Gasteiger charge is 2.46. The van der Waals surface area contributed by atoms with Crippen LogP contribution in [0.5, 0.6) is 0 Å². The first-order chi connectivity index (χ1) is 12.1. The molecule has 0 aromatic heterocycles. The van der Waals surface area contributed by atoms with E-state index in [0.717, 1.165) is 38.8 Å². The fourth-order valence-electron chi connectivity index (χ4n) is 4.10. The standard InChI is InChI=1S/C20H36N4O2/c1-14(2)6-7-17(25)23-10-8-16(9-11-23)13-24-18(26)20(5,12-15(3)4)22-19(24)21/h14-16H,6-13H2,1-5H3,(H2,21,22). The van der Waals surface area contributed by atoms with Gasteiger partial charge in [-0.25, -0.2) is 0 Å². The van der Waals surface area contributed by atoms with Crippen LogP contribution >= 0.6 is 0 Å². The van der Waals surface area contributed by atoms with Gasteiger partial charge >= 0.3 is 0 Å². The number of nitrogens with one attached hydrogen (secondary N) is 2. The molecule has 0 aliphatic carbocycles. The maximum absolute atomic E-state index is 12.8. The van der Waals surface area contributed by atoms with Gasteiger partial charge in [0.15, 0.2) is 5.96 Å². The van der Waals surface area contributed by atoms with E-state index in [4.69, 9.17) is 5.41 Å². The minimum absolute atomic E-state index is 0.0200. The summed E-state index contributed by atoms with van der Waals surface area (Å²) in [5, 5.41) is 11.3. The summed E-state index contributed by atoms with van der Waals surface area (Å²) in [5.74, 6) is 1.81. The molecule has 0 radical (unpaired) electrons. The molecule has 0 saturated carbocycles. The molecule has 148 valence electrons. The number of carbonyl (C=O) groups is 2. The molecule has 0 spiro atoms. The third-order valence-corrected chi connectivity index (χ3v) is 5.54. The van der Waals surface area contributed by atoms with E-state index in [9.17, 15) is 9.59 Å². The molecule has 2 saturated heterocycles. The second kappa shape index (κ2) is 8.40. The van der Waals surface area contributed by atoms with Crippen LogP contribution in [0.15, 0.2) is 0 Å². The van der Waals surface area contributed by atoms with Gasteiger partial charge in [-0.2, -0.15) is 0 Å². The average molecular weight is 365 g/mol. The second-order valence-corrected chi connectivity index (χ2v) is 9.08. The van der Waals surface area contributed by atoms with Gasteiger partial charge in [-0.05, 0) is 50.4 Å². The fraction of sp³-hybridized carbons (Fsp3) is 0.850. The van der Waals surface area contributed by atoms with Crippen LogP contribution in [0, 0.1) is 23.2 Å². The van der Waals surface area contributed by atoms with Crippen LogP contribution < -0.4 is 5.32 Å². The molecule has 2 fully saturated rings. The van der Waals surface area contributed by atoms with Crippen LogP contribution in [0.3, 0.4) is 0 Å². The predicted octanol–water partition coefficient (Wildman–Crippen LogP) is 2.83. The lowest BCUT2D eigenvalue weighted by Gasteiger charge is -2.34. The summed E-state index contributed by atoms with van der Waals surface area (Å²) >= 11 is 0. The summed E-state index contributed by atoms with van der Waals surface area (Å²) in [6, 6.07) is 0. The Hall–Kier alpha value is -1.59. The zero-order valence-corrected chi connectivity index (χ0v) is 17.1. The SMILES string of the molecule is CC(C)CCC(=O)N1CCC(CN2C(=N)NC(C)(CC(C)C)C2=O)CC1. The maximum Gasteiger partial charge on any atom is 0.254 e. The van der Waals surface area contributed by atoms with Crippen molar-refractivity contribution in [2.24, 2.45) is 17.8 Å². The van der Waals surface area contributed by atoms with E-state index in [-0.39, 0.29) is 17.8 Å². The Balaban J connectivity index is 1.85. The first-order valence-corrected chi connectivity index (χ1v) is 10.1. The molecule has 26 heavy (non-hydrogen) atoms. The number of amides is 2. The van der Waals surface area contributed by atoms with Gasteiger partial charge in [0, 0.05) is 26.1 Å².